The largest absolute Gasteiger partial charge is 0.598 e. The van der Waals surface area contributed by atoms with Crippen molar-refractivity contribution < 1.29 is 24.6 Å². The van der Waals surface area contributed by atoms with Crippen molar-refractivity contribution in [3.05, 3.63) is 12.2 Å². The zero-order valence-corrected chi connectivity index (χ0v) is 17.2. The minimum absolute atomic E-state index is 0.134. The Bertz CT molecular complexity index is 547. The first-order chi connectivity index (χ1) is 12.1. The van der Waals surface area contributed by atoms with Crippen molar-refractivity contribution in [2.75, 3.05) is 0 Å². The highest BCUT2D eigenvalue weighted by molar-refractivity contribution is 8.00. The summed E-state index contributed by atoms with van der Waals surface area (Å²) in [5.41, 5.74) is -0.773. The van der Waals surface area contributed by atoms with Crippen LogP contribution in [0.2, 0.25) is 0 Å². The molecule has 26 heavy (non-hydrogen) atoms. The topological polar surface area (TPSA) is 105 Å². The molecule has 2 aliphatic rings. The standard InChI is InChI=1S/C18H29NO5S2/c1-6-11-9-7-8-10(2)12(19-26(23)18(3,4)5)16-14(21)13(20)15(22)17(24-16)25-11/h1,7-8,10-17,19-22H,9H2,2-5H3/t10-,11-,12-,13+,14-,15-,16-,17-,26?/m1/s1. The van der Waals surface area contributed by atoms with Crippen molar-refractivity contribution in [3.63, 3.8) is 0 Å². The first kappa shape index (κ1) is 22.1. The molecular weight excluding hydrogens is 374 g/mol. The minimum Gasteiger partial charge on any atom is -0.598 e. The van der Waals surface area contributed by atoms with Crippen LogP contribution in [-0.4, -0.2) is 65.8 Å². The fraction of sp³-hybridized carbons (Fsp3) is 0.778. The van der Waals surface area contributed by atoms with E-state index in [9.17, 15) is 19.9 Å². The molecule has 0 aromatic carbocycles. The molecule has 0 aromatic heterocycles. The first-order valence-electron chi connectivity index (χ1n) is 8.72. The molecular formula is C18H29NO5S2. The summed E-state index contributed by atoms with van der Waals surface area (Å²) in [4.78, 5) is 0. The van der Waals surface area contributed by atoms with Gasteiger partial charge < -0.3 is 24.6 Å². The van der Waals surface area contributed by atoms with Crippen molar-refractivity contribution in [1.29, 1.82) is 0 Å². The van der Waals surface area contributed by atoms with Crippen molar-refractivity contribution in [3.8, 4) is 12.3 Å². The van der Waals surface area contributed by atoms with E-state index >= 15 is 0 Å². The summed E-state index contributed by atoms with van der Waals surface area (Å²) in [5.74, 6) is 2.53. The van der Waals surface area contributed by atoms with Gasteiger partial charge in [-0.3, -0.25) is 0 Å². The molecule has 1 saturated heterocycles. The Balaban J connectivity index is 2.36. The lowest BCUT2D eigenvalue weighted by atomic mass is 9.88. The fourth-order valence-electron chi connectivity index (χ4n) is 2.92. The highest BCUT2D eigenvalue weighted by atomic mass is 32.2. The molecule has 2 rings (SSSR count). The summed E-state index contributed by atoms with van der Waals surface area (Å²) in [5, 5.41) is 30.9. The maximum absolute atomic E-state index is 12.6. The van der Waals surface area contributed by atoms with Crippen LogP contribution in [0.1, 0.15) is 34.1 Å². The number of nitrogens with one attached hydrogen (secondary N) is 1. The zero-order valence-electron chi connectivity index (χ0n) is 15.5. The van der Waals surface area contributed by atoms with E-state index in [0.29, 0.717) is 6.42 Å². The molecule has 0 amide bonds. The Hall–Kier alpha value is -0.240. The molecule has 2 heterocycles. The van der Waals surface area contributed by atoms with Crippen LogP contribution in [-0.2, 0) is 16.1 Å². The Morgan fingerprint density at radius 3 is 2.50 bits per heavy atom. The minimum atomic E-state index is -1.39. The SMILES string of the molecule is C#C[C@@H]1CC=C[C@@H](C)[C@@H](N[S+]([O-])C(C)(C)C)[C@H]2O[C@H](S1)[C@H](O)[C@@H](O)[C@H]2O. The third-order valence-electron chi connectivity index (χ3n) is 4.60. The van der Waals surface area contributed by atoms with Gasteiger partial charge in [-0.25, -0.2) is 0 Å². The van der Waals surface area contributed by atoms with Gasteiger partial charge in [-0.05, 0) is 33.1 Å². The fourth-order valence-corrected chi connectivity index (χ4v) is 5.01. The van der Waals surface area contributed by atoms with Gasteiger partial charge in [0, 0.05) is 11.4 Å². The number of ether oxygens (including phenoxy) is 1. The monoisotopic (exact) mass is 403 g/mol. The predicted octanol–water partition coefficient (Wildman–Crippen LogP) is 0.545. The lowest BCUT2D eigenvalue weighted by molar-refractivity contribution is -0.205. The number of rotatable bonds is 2. The number of hydrogen-bond acceptors (Lipinski definition) is 7. The molecule has 0 aliphatic carbocycles. The Morgan fingerprint density at radius 2 is 1.92 bits per heavy atom. The molecule has 4 N–H and O–H groups in total. The van der Waals surface area contributed by atoms with Gasteiger partial charge in [0.05, 0.1) is 11.3 Å². The van der Waals surface area contributed by atoms with Crippen molar-refractivity contribution in [2.24, 2.45) is 5.92 Å². The van der Waals surface area contributed by atoms with Crippen LogP contribution < -0.4 is 4.72 Å². The molecule has 1 fully saturated rings. The van der Waals surface area contributed by atoms with Gasteiger partial charge in [0.2, 0.25) is 0 Å². The molecule has 0 aromatic rings. The summed E-state index contributed by atoms with van der Waals surface area (Å²) in [6.07, 6.45) is 5.30. The Labute approximate surface area is 163 Å². The number of allylic oxidation sites excluding steroid dienone is 1. The number of thioether (sulfide) groups is 1. The van der Waals surface area contributed by atoms with E-state index in [0.717, 1.165) is 0 Å². The van der Waals surface area contributed by atoms with Crippen molar-refractivity contribution in [2.45, 2.75) is 80.0 Å². The van der Waals surface area contributed by atoms with Gasteiger partial charge in [0.25, 0.3) is 0 Å². The molecule has 0 spiro atoms. The van der Waals surface area contributed by atoms with Crippen LogP contribution >= 0.6 is 11.8 Å². The average Bonchev–Trinajstić information content (AvgIpc) is 2.57. The van der Waals surface area contributed by atoms with Gasteiger partial charge in [0.15, 0.2) is 0 Å². The number of fused-ring (bicyclic) bond motifs is 2. The van der Waals surface area contributed by atoms with E-state index in [1.54, 1.807) is 0 Å². The van der Waals surface area contributed by atoms with E-state index < -0.39 is 52.0 Å². The van der Waals surface area contributed by atoms with Gasteiger partial charge in [0.1, 0.15) is 34.6 Å². The van der Waals surface area contributed by atoms with Gasteiger partial charge >= 0.3 is 0 Å². The summed E-state index contributed by atoms with van der Waals surface area (Å²) in [6.45, 7) is 7.48. The van der Waals surface area contributed by atoms with E-state index in [1.165, 1.54) is 11.8 Å². The van der Waals surface area contributed by atoms with Crippen LogP contribution in [0, 0.1) is 18.3 Å². The van der Waals surface area contributed by atoms with E-state index in [4.69, 9.17) is 11.2 Å². The molecule has 148 valence electrons. The van der Waals surface area contributed by atoms with Crippen LogP contribution in [0.5, 0.6) is 0 Å². The molecule has 0 saturated carbocycles. The van der Waals surface area contributed by atoms with E-state index in [-0.39, 0.29) is 11.2 Å². The zero-order chi connectivity index (χ0) is 19.6. The molecule has 8 heteroatoms. The molecule has 2 bridgehead atoms. The Morgan fingerprint density at radius 1 is 1.27 bits per heavy atom. The van der Waals surface area contributed by atoms with E-state index in [2.05, 4.69) is 10.6 Å². The Kier molecular flexibility index (Phi) is 7.50. The summed E-state index contributed by atoms with van der Waals surface area (Å²) < 4.78 is 21.2. The van der Waals surface area contributed by atoms with Crippen LogP contribution in [0.3, 0.4) is 0 Å². The average molecular weight is 404 g/mol. The second-order valence-electron chi connectivity index (χ2n) is 7.78. The second-order valence-corrected chi connectivity index (χ2v) is 11.1. The van der Waals surface area contributed by atoms with Gasteiger partial charge in [-0.2, -0.15) is 0 Å². The number of aliphatic hydroxyl groups is 3. The van der Waals surface area contributed by atoms with Crippen LogP contribution in [0.25, 0.3) is 0 Å². The number of terminal acetylenes is 1. The van der Waals surface area contributed by atoms with Crippen molar-refractivity contribution in [1.82, 2.24) is 4.72 Å². The third kappa shape index (κ3) is 4.97. The quantitative estimate of drug-likeness (QED) is 0.303. The normalized spacial score (nSPS) is 42.7. The molecule has 1 unspecified atom stereocenters. The lowest BCUT2D eigenvalue weighted by Gasteiger charge is -2.45. The molecule has 0 radical (unpaired) electrons. The molecule has 9 atom stereocenters. The number of hydrogen-bond donors (Lipinski definition) is 4. The highest BCUT2D eigenvalue weighted by Crippen LogP contribution is 2.36. The van der Waals surface area contributed by atoms with E-state index in [1.807, 2.05) is 39.8 Å². The lowest BCUT2D eigenvalue weighted by Crippen LogP contribution is -2.64. The maximum Gasteiger partial charge on any atom is 0.136 e. The third-order valence-corrected chi connectivity index (χ3v) is 7.51. The highest BCUT2D eigenvalue weighted by Gasteiger charge is 2.50. The van der Waals surface area contributed by atoms with Gasteiger partial charge in [-0.15, -0.1) is 22.9 Å². The second kappa shape index (κ2) is 8.84. The van der Waals surface area contributed by atoms with Crippen molar-refractivity contribution >= 4 is 23.1 Å². The summed E-state index contributed by atoms with van der Waals surface area (Å²) in [6, 6.07) is -0.506. The van der Waals surface area contributed by atoms with Crippen LogP contribution in [0.4, 0.5) is 0 Å². The van der Waals surface area contributed by atoms with Crippen LogP contribution in [0.15, 0.2) is 12.2 Å². The molecule has 6 nitrogen and oxygen atoms in total. The summed E-state index contributed by atoms with van der Waals surface area (Å²) >= 11 is -0.140. The number of aliphatic hydroxyl groups excluding tert-OH is 3. The summed E-state index contributed by atoms with van der Waals surface area (Å²) in [7, 11) is 0. The first-order valence-corrected chi connectivity index (χ1v) is 10.8. The maximum atomic E-state index is 12.6. The smallest absolute Gasteiger partial charge is 0.136 e. The molecule has 2 aliphatic heterocycles. The van der Waals surface area contributed by atoms with Gasteiger partial charge in [-0.1, -0.05) is 25.0 Å². The predicted molar refractivity (Wildman–Crippen MR) is 105 cm³/mol.